The van der Waals surface area contributed by atoms with E-state index in [0.717, 1.165) is 6.61 Å². The molecule has 0 saturated heterocycles. The second kappa shape index (κ2) is 4.78. The number of hydrogen-bond acceptors (Lipinski definition) is 2. The minimum absolute atomic E-state index is 0. The van der Waals surface area contributed by atoms with Crippen LogP contribution in [0.5, 0.6) is 0 Å². The van der Waals surface area contributed by atoms with Crippen molar-refractivity contribution in [3.8, 4) is 0 Å². The molecule has 1 aromatic rings. The second-order valence-corrected chi connectivity index (χ2v) is 3.45. The molecule has 1 aromatic carbocycles. The standard InChI is InChI=1S/C11H15NO.ClH/c1-8-9-5-3-4-6-10(9)11(12-2)7-13-8;/h3-6,8,11-12H,7H2,1-2H3;1H. The van der Waals surface area contributed by atoms with Gasteiger partial charge in [-0.2, -0.15) is 0 Å². The van der Waals surface area contributed by atoms with Crippen LogP contribution >= 0.6 is 12.4 Å². The number of rotatable bonds is 1. The van der Waals surface area contributed by atoms with Crippen LogP contribution in [-0.2, 0) is 4.74 Å². The number of likely N-dealkylation sites (N-methyl/N-ethyl adjacent to an activating group) is 1. The van der Waals surface area contributed by atoms with Gasteiger partial charge in [0.05, 0.1) is 18.8 Å². The predicted octanol–water partition coefficient (Wildman–Crippen LogP) is 2.46. The fourth-order valence-corrected chi connectivity index (χ4v) is 1.86. The van der Waals surface area contributed by atoms with Crippen molar-refractivity contribution < 1.29 is 4.74 Å². The summed E-state index contributed by atoms with van der Waals surface area (Å²) in [6.07, 6.45) is 0.237. The third-order valence-corrected chi connectivity index (χ3v) is 2.67. The fourth-order valence-electron chi connectivity index (χ4n) is 1.86. The molecule has 2 unspecified atom stereocenters. The first-order valence-electron chi connectivity index (χ1n) is 4.70. The maximum atomic E-state index is 5.65. The van der Waals surface area contributed by atoms with Crippen molar-refractivity contribution in [1.82, 2.24) is 5.32 Å². The molecule has 0 aliphatic carbocycles. The van der Waals surface area contributed by atoms with E-state index >= 15 is 0 Å². The van der Waals surface area contributed by atoms with Gasteiger partial charge in [0.15, 0.2) is 0 Å². The predicted molar refractivity (Wildman–Crippen MR) is 59.9 cm³/mol. The molecule has 0 aromatic heterocycles. The average Bonchev–Trinajstić information content (AvgIpc) is 2.19. The van der Waals surface area contributed by atoms with E-state index in [2.05, 4.69) is 36.5 Å². The van der Waals surface area contributed by atoms with E-state index in [-0.39, 0.29) is 18.5 Å². The van der Waals surface area contributed by atoms with Crippen molar-refractivity contribution >= 4 is 12.4 Å². The Morgan fingerprint density at radius 2 is 1.93 bits per heavy atom. The summed E-state index contributed by atoms with van der Waals surface area (Å²) in [6.45, 7) is 2.87. The topological polar surface area (TPSA) is 21.3 Å². The lowest BCUT2D eigenvalue weighted by Gasteiger charge is -2.29. The molecule has 78 valence electrons. The molecular weight excluding hydrogens is 198 g/mol. The van der Waals surface area contributed by atoms with E-state index in [9.17, 15) is 0 Å². The molecule has 1 aliphatic heterocycles. The van der Waals surface area contributed by atoms with Gasteiger partial charge in [0, 0.05) is 0 Å². The molecule has 0 fully saturated rings. The summed E-state index contributed by atoms with van der Waals surface area (Å²) in [4.78, 5) is 0. The number of nitrogens with one attached hydrogen (secondary N) is 1. The highest BCUT2D eigenvalue weighted by atomic mass is 35.5. The van der Waals surface area contributed by atoms with Gasteiger partial charge in [0.25, 0.3) is 0 Å². The maximum absolute atomic E-state index is 5.65. The molecule has 0 saturated carbocycles. The van der Waals surface area contributed by atoms with Crippen LogP contribution in [0.3, 0.4) is 0 Å². The van der Waals surface area contributed by atoms with Gasteiger partial charge < -0.3 is 10.1 Å². The van der Waals surface area contributed by atoms with Crippen molar-refractivity contribution in [2.24, 2.45) is 0 Å². The largest absolute Gasteiger partial charge is 0.372 e. The Balaban J connectivity index is 0.000000980. The monoisotopic (exact) mass is 213 g/mol. The summed E-state index contributed by atoms with van der Waals surface area (Å²) in [6, 6.07) is 8.82. The van der Waals surface area contributed by atoms with Crippen LogP contribution < -0.4 is 5.32 Å². The molecule has 0 radical (unpaired) electrons. The van der Waals surface area contributed by atoms with E-state index in [0.29, 0.717) is 6.04 Å². The van der Waals surface area contributed by atoms with Crippen LogP contribution in [0, 0.1) is 0 Å². The Hall–Kier alpha value is -0.570. The van der Waals surface area contributed by atoms with Crippen LogP contribution in [0.25, 0.3) is 0 Å². The second-order valence-electron chi connectivity index (χ2n) is 3.45. The SMILES string of the molecule is CNC1COC(C)c2ccccc21.Cl. The molecule has 1 aliphatic rings. The Bertz CT molecular complexity index is 303. The van der Waals surface area contributed by atoms with Gasteiger partial charge in [-0.05, 0) is 25.1 Å². The van der Waals surface area contributed by atoms with Crippen LogP contribution in [0.15, 0.2) is 24.3 Å². The quantitative estimate of drug-likeness (QED) is 0.774. The minimum atomic E-state index is 0. The fraction of sp³-hybridized carbons (Fsp3) is 0.455. The lowest BCUT2D eigenvalue weighted by molar-refractivity contribution is 0.0346. The average molecular weight is 214 g/mol. The van der Waals surface area contributed by atoms with E-state index in [1.165, 1.54) is 11.1 Å². The van der Waals surface area contributed by atoms with E-state index in [1.807, 2.05) is 7.05 Å². The molecule has 3 heteroatoms. The van der Waals surface area contributed by atoms with Gasteiger partial charge in [0.2, 0.25) is 0 Å². The molecular formula is C11H16ClNO. The van der Waals surface area contributed by atoms with Gasteiger partial charge in [0.1, 0.15) is 0 Å². The summed E-state index contributed by atoms with van der Waals surface area (Å²) >= 11 is 0. The van der Waals surface area contributed by atoms with E-state index in [4.69, 9.17) is 4.74 Å². The molecule has 0 amide bonds. The molecule has 2 rings (SSSR count). The first-order chi connectivity index (χ1) is 6.33. The lowest BCUT2D eigenvalue weighted by Crippen LogP contribution is -2.28. The van der Waals surface area contributed by atoms with Gasteiger partial charge in [-0.25, -0.2) is 0 Å². The van der Waals surface area contributed by atoms with E-state index < -0.39 is 0 Å². The molecule has 1 heterocycles. The number of benzene rings is 1. The van der Waals surface area contributed by atoms with Crippen LogP contribution in [-0.4, -0.2) is 13.7 Å². The van der Waals surface area contributed by atoms with Crippen molar-refractivity contribution in [2.45, 2.75) is 19.1 Å². The highest BCUT2D eigenvalue weighted by Gasteiger charge is 2.23. The summed E-state index contributed by atoms with van der Waals surface area (Å²) in [7, 11) is 1.97. The Kier molecular flexibility index (Phi) is 3.93. The molecule has 0 spiro atoms. The summed E-state index contributed by atoms with van der Waals surface area (Å²) in [5.74, 6) is 0. The molecule has 1 N–H and O–H groups in total. The van der Waals surface area contributed by atoms with E-state index in [1.54, 1.807) is 0 Å². The molecule has 2 nitrogen and oxygen atoms in total. The zero-order valence-corrected chi connectivity index (χ0v) is 9.30. The smallest absolute Gasteiger partial charge is 0.0801 e. The van der Waals surface area contributed by atoms with Crippen LogP contribution in [0.1, 0.15) is 30.2 Å². The first-order valence-corrected chi connectivity index (χ1v) is 4.70. The van der Waals surface area contributed by atoms with Crippen LogP contribution in [0.2, 0.25) is 0 Å². The first kappa shape index (κ1) is 11.5. The number of halogens is 1. The molecule has 0 bridgehead atoms. The van der Waals surface area contributed by atoms with Crippen molar-refractivity contribution in [2.75, 3.05) is 13.7 Å². The number of fused-ring (bicyclic) bond motifs is 1. The zero-order chi connectivity index (χ0) is 9.26. The van der Waals surface area contributed by atoms with Crippen molar-refractivity contribution in [1.29, 1.82) is 0 Å². The van der Waals surface area contributed by atoms with Crippen LogP contribution in [0.4, 0.5) is 0 Å². The zero-order valence-electron chi connectivity index (χ0n) is 8.49. The highest BCUT2D eigenvalue weighted by Crippen LogP contribution is 2.31. The normalized spacial score (nSPS) is 25.0. The van der Waals surface area contributed by atoms with Gasteiger partial charge in [-0.1, -0.05) is 24.3 Å². The maximum Gasteiger partial charge on any atom is 0.0801 e. The Morgan fingerprint density at radius 1 is 1.29 bits per heavy atom. The Labute approximate surface area is 91.1 Å². The number of ether oxygens (including phenoxy) is 1. The highest BCUT2D eigenvalue weighted by molar-refractivity contribution is 5.85. The minimum Gasteiger partial charge on any atom is -0.372 e. The molecule has 2 atom stereocenters. The third-order valence-electron chi connectivity index (χ3n) is 2.67. The van der Waals surface area contributed by atoms with Gasteiger partial charge in [-0.3, -0.25) is 0 Å². The summed E-state index contributed by atoms with van der Waals surface area (Å²) < 4.78 is 5.65. The van der Waals surface area contributed by atoms with Gasteiger partial charge in [-0.15, -0.1) is 12.4 Å². The summed E-state index contributed by atoms with van der Waals surface area (Å²) in [5.41, 5.74) is 2.69. The van der Waals surface area contributed by atoms with Gasteiger partial charge >= 0.3 is 0 Å². The number of hydrogen-bond donors (Lipinski definition) is 1. The van der Waals surface area contributed by atoms with Crippen molar-refractivity contribution in [3.05, 3.63) is 35.4 Å². The van der Waals surface area contributed by atoms with Crippen molar-refractivity contribution in [3.63, 3.8) is 0 Å². The lowest BCUT2D eigenvalue weighted by atomic mass is 9.95. The third kappa shape index (κ3) is 1.92. The summed E-state index contributed by atoms with van der Waals surface area (Å²) in [5, 5.41) is 3.26. The molecule has 14 heavy (non-hydrogen) atoms. The Morgan fingerprint density at radius 3 is 2.57 bits per heavy atom.